The number of hydrogen-bond acceptors (Lipinski definition) is 5. The summed E-state index contributed by atoms with van der Waals surface area (Å²) in [5.41, 5.74) is 6.80. The van der Waals surface area contributed by atoms with Crippen molar-refractivity contribution in [2.45, 2.75) is 38.8 Å². The highest BCUT2D eigenvalue weighted by molar-refractivity contribution is 7.91. The standard InChI is InChI=1S/C15H23NO4S/c1-4-21(17,18)8-7-19-11-5-6-12-13(16)10-15(2,3)20-14(12)9-11/h5-6,9,13H,4,7-8,10,16H2,1-3H3. The van der Waals surface area contributed by atoms with E-state index in [-0.39, 0.29) is 29.8 Å². The molecule has 2 N–H and O–H groups in total. The zero-order chi connectivity index (χ0) is 15.7. The fourth-order valence-electron chi connectivity index (χ4n) is 2.41. The second-order valence-electron chi connectivity index (χ2n) is 5.96. The third kappa shape index (κ3) is 4.11. The van der Waals surface area contributed by atoms with Gasteiger partial charge in [0.25, 0.3) is 0 Å². The molecule has 5 nitrogen and oxygen atoms in total. The molecule has 1 aliphatic heterocycles. The molecule has 118 valence electrons. The van der Waals surface area contributed by atoms with Crippen LogP contribution >= 0.6 is 0 Å². The molecule has 1 heterocycles. The average Bonchev–Trinajstić information content (AvgIpc) is 2.36. The smallest absolute Gasteiger partial charge is 0.153 e. The molecule has 1 aliphatic rings. The van der Waals surface area contributed by atoms with Crippen LogP contribution in [0.5, 0.6) is 11.5 Å². The first kappa shape index (κ1) is 16.1. The van der Waals surface area contributed by atoms with E-state index in [2.05, 4.69) is 0 Å². The summed E-state index contributed by atoms with van der Waals surface area (Å²) in [6.45, 7) is 5.77. The van der Waals surface area contributed by atoms with Crippen LogP contribution in [0.4, 0.5) is 0 Å². The molecular weight excluding hydrogens is 290 g/mol. The van der Waals surface area contributed by atoms with Crippen LogP contribution in [0.25, 0.3) is 0 Å². The third-order valence-electron chi connectivity index (χ3n) is 3.59. The first-order chi connectivity index (χ1) is 9.72. The van der Waals surface area contributed by atoms with Crippen LogP contribution in [-0.2, 0) is 9.84 Å². The van der Waals surface area contributed by atoms with Gasteiger partial charge in [-0.1, -0.05) is 13.0 Å². The maximum absolute atomic E-state index is 11.4. The molecule has 1 atom stereocenters. The molecule has 0 radical (unpaired) electrons. The molecule has 6 heteroatoms. The summed E-state index contributed by atoms with van der Waals surface area (Å²) in [7, 11) is -3.01. The zero-order valence-corrected chi connectivity index (χ0v) is 13.6. The molecule has 0 saturated carbocycles. The molecule has 0 fully saturated rings. The second kappa shape index (κ2) is 5.85. The van der Waals surface area contributed by atoms with Gasteiger partial charge in [-0.25, -0.2) is 8.42 Å². The predicted octanol–water partition coefficient (Wildman–Crippen LogP) is 2.06. The lowest BCUT2D eigenvalue weighted by Crippen LogP contribution is -2.37. The summed E-state index contributed by atoms with van der Waals surface area (Å²) in [6, 6.07) is 5.42. The Hall–Kier alpha value is -1.27. The van der Waals surface area contributed by atoms with Gasteiger partial charge in [-0.2, -0.15) is 0 Å². The van der Waals surface area contributed by atoms with Crippen LogP contribution in [0, 0.1) is 0 Å². The SMILES string of the molecule is CCS(=O)(=O)CCOc1ccc2c(c1)OC(C)(C)CC2N. The molecule has 0 spiro atoms. The summed E-state index contributed by atoms with van der Waals surface area (Å²) >= 11 is 0. The first-order valence-corrected chi connectivity index (χ1v) is 8.96. The Labute approximate surface area is 126 Å². The van der Waals surface area contributed by atoms with E-state index in [0.29, 0.717) is 5.75 Å². The topological polar surface area (TPSA) is 78.6 Å². The van der Waals surface area contributed by atoms with Crippen molar-refractivity contribution in [3.63, 3.8) is 0 Å². The zero-order valence-electron chi connectivity index (χ0n) is 12.8. The third-order valence-corrected chi connectivity index (χ3v) is 5.25. The van der Waals surface area contributed by atoms with Gasteiger partial charge in [-0.05, 0) is 19.9 Å². The molecule has 21 heavy (non-hydrogen) atoms. The van der Waals surface area contributed by atoms with Crippen LogP contribution in [0.15, 0.2) is 18.2 Å². The van der Waals surface area contributed by atoms with Gasteiger partial charge in [0.2, 0.25) is 0 Å². The van der Waals surface area contributed by atoms with Crippen molar-refractivity contribution >= 4 is 9.84 Å². The molecule has 1 unspecified atom stereocenters. The van der Waals surface area contributed by atoms with Crippen LogP contribution in [0.2, 0.25) is 0 Å². The number of nitrogens with two attached hydrogens (primary N) is 1. The molecular formula is C15H23NO4S. The highest BCUT2D eigenvalue weighted by Gasteiger charge is 2.31. The summed E-state index contributed by atoms with van der Waals surface area (Å²) in [5.74, 6) is 1.47. The van der Waals surface area contributed by atoms with Crippen molar-refractivity contribution in [2.24, 2.45) is 5.73 Å². The van der Waals surface area contributed by atoms with Gasteiger partial charge in [0.05, 0.1) is 5.75 Å². The molecule has 0 bridgehead atoms. The Morgan fingerprint density at radius 2 is 2.14 bits per heavy atom. The van der Waals surface area contributed by atoms with E-state index in [0.717, 1.165) is 17.7 Å². The predicted molar refractivity (Wildman–Crippen MR) is 82.5 cm³/mol. The highest BCUT2D eigenvalue weighted by atomic mass is 32.2. The number of hydrogen-bond donors (Lipinski definition) is 1. The van der Waals surface area contributed by atoms with Crippen LogP contribution in [0.3, 0.4) is 0 Å². The van der Waals surface area contributed by atoms with Crippen LogP contribution < -0.4 is 15.2 Å². The van der Waals surface area contributed by atoms with Gasteiger partial charge < -0.3 is 15.2 Å². The van der Waals surface area contributed by atoms with E-state index in [1.165, 1.54) is 0 Å². The van der Waals surface area contributed by atoms with E-state index in [1.807, 2.05) is 19.9 Å². The second-order valence-corrected chi connectivity index (χ2v) is 8.43. The van der Waals surface area contributed by atoms with Crippen molar-refractivity contribution in [1.29, 1.82) is 0 Å². The number of fused-ring (bicyclic) bond motifs is 1. The van der Waals surface area contributed by atoms with Gasteiger partial charge >= 0.3 is 0 Å². The lowest BCUT2D eigenvalue weighted by molar-refractivity contribution is 0.0725. The Kier molecular flexibility index (Phi) is 4.49. The molecule has 1 aromatic carbocycles. The van der Waals surface area contributed by atoms with E-state index >= 15 is 0 Å². The highest BCUT2D eigenvalue weighted by Crippen LogP contribution is 2.39. The summed E-state index contributed by atoms with van der Waals surface area (Å²) in [5, 5.41) is 0. The molecule has 0 amide bonds. The number of ether oxygens (including phenoxy) is 2. The number of sulfone groups is 1. The van der Waals surface area contributed by atoms with Crippen molar-refractivity contribution in [3.05, 3.63) is 23.8 Å². The maximum atomic E-state index is 11.4. The van der Waals surface area contributed by atoms with E-state index in [1.54, 1.807) is 19.1 Å². The maximum Gasteiger partial charge on any atom is 0.153 e. The largest absolute Gasteiger partial charge is 0.492 e. The van der Waals surface area contributed by atoms with Crippen molar-refractivity contribution in [2.75, 3.05) is 18.1 Å². The summed E-state index contributed by atoms with van der Waals surface area (Å²) in [4.78, 5) is 0. The molecule has 2 rings (SSSR count). The Morgan fingerprint density at radius 3 is 2.81 bits per heavy atom. The molecule has 0 saturated heterocycles. The molecule has 1 aromatic rings. The summed E-state index contributed by atoms with van der Waals surface area (Å²) < 4.78 is 34.3. The number of rotatable bonds is 5. The van der Waals surface area contributed by atoms with Gasteiger partial charge in [-0.15, -0.1) is 0 Å². The lowest BCUT2D eigenvalue weighted by atomic mass is 9.90. The van der Waals surface area contributed by atoms with Gasteiger partial charge in [0.15, 0.2) is 9.84 Å². The normalized spacial score (nSPS) is 20.5. The van der Waals surface area contributed by atoms with Crippen molar-refractivity contribution in [1.82, 2.24) is 0 Å². The van der Waals surface area contributed by atoms with Crippen molar-refractivity contribution < 1.29 is 17.9 Å². The van der Waals surface area contributed by atoms with Crippen molar-refractivity contribution in [3.8, 4) is 11.5 Å². The molecule has 0 aliphatic carbocycles. The fraction of sp³-hybridized carbons (Fsp3) is 0.600. The van der Waals surface area contributed by atoms with Gasteiger partial charge in [0.1, 0.15) is 23.7 Å². The minimum atomic E-state index is -3.01. The Balaban J connectivity index is 2.07. The van der Waals surface area contributed by atoms with E-state index in [9.17, 15) is 8.42 Å². The monoisotopic (exact) mass is 313 g/mol. The van der Waals surface area contributed by atoms with E-state index in [4.69, 9.17) is 15.2 Å². The average molecular weight is 313 g/mol. The fourth-order valence-corrected chi connectivity index (χ4v) is 3.03. The first-order valence-electron chi connectivity index (χ1n) is 7.14. The Morgan fingerprint density at radius 1 is 1.43 bits per heavy atom. The lowest BCUT2D eigenvalue weighted by Gasteiger charge is -2.36. The van der Waals surface area contributed by atoms with Gasteiger partial charge in [0, 0.05) is 29.8 Å². The molecule has 0 aromatic heterocycles. The minimum absolute atomic E-state index is 0.0203. The Bertz CT molecular complexity index is 610. The summed E-state index contributed by atoms with van der Waals surface area (Å²) in [6.07, 6.45) is 0.759. The van der Waals surface area contributed by atoms with Gasteiger partial charge in [-0.3, -0.25) is 0 Å². The number of benzene rings is 1. The van der Waals surface area contributed by atoms with E-state index < -0.39 is 9.84 Å². The van der Waals surface area contributed by atoms with Crippen LogP contribution in [-0.4, -0.2) is 32.1 Å². The van der Waals surface area contributed by atoms with Crippen LogP contribution in [0.1, 0.15) is 38.8 Å². The minimum Gasteiger partial charge on any atom is -0.492 e. The quantitative estimate of drug-likeness (QED) is 0.900.